The molecular weight excluding hydrogens is 316 g/mol. The molecule has 1 atom stereocenters. The number of nitrogens with one attached hydrogen (secondary N) is 1. The standard InChI is InChI=1S/C16H21BrN2O/c1-5-11(2)15-18-16(3,10-14(20)19(15)4)12-7-6-8-13(17)9-12/h6-9,18H,5,10H2,1-4H3/b15-11-/t16-/m0/s1. The van der Waals surface area contributed by atoms with Crippen LogP contribution in [0.25, 0.3) is 0 Å². The van der Waals surface area contributed by atoms with Gasteiger partial charge < -0.3 is 10.2 Å². The van der Waals surface area contributed by atoms with E-state index in [-0.39, 0.29) is 11.4 Å². The van der Waals surface area contributed by atoms with Crippen LogP contribution < -0.4 is 5.32 Å². The van der Waals surface area contributed by atoms with Crippen LogP contribution in [0.1, 0.15) is 39.2 Å². The molecule has 1 aliphatic heterocycles. The fourth-order valence-electron chi connectivity index (χ4n) is 2.50. The van der Waals surface area contributed by atoms with Crippen LogP contribution in [0.15, 0.2) is 40.1 Å². The highest BCUT2D eigenvalue weighted by atomic mass is 79.9. The van der Waals surface area contributed by atoms with Gasteiger partial charge in [-0.15, -0.1) is 0 Å². The van der Waals surface area contributed by atoms with Gasteiger partial charge in [-0.25, -0.2) is 0 Å². The summed E-state index contributed by atoms with van der Waals surface area (Å²) in [5.41, 5.74) is 1.95. The van der Waals surface area contributed by atoms with Crippen molar-refractivity contribution in [2.24, 2.45) is 0 Å². The Kier molecular flexibility index (Phi) is 4.23. The number of hydrogen-bond acceptors (Lipinski definition) is 2. The van der Waals surface area contributed by atoms with E-state index in [1.807, 2.05) is 19.2 Å². The number of hydrogen-bond donors (Lipinski definition) is 1. The van der Waals surface area contributed by atoms with E-state index in [0.29, 0.717) is 6.42 Å². The van der Waals surface area contributed by atoms with Gasteiger partial charge in [0.15, 0.2) is 0 Å². The third-order valence-electron chi connectivity index (χ3n) is 4.00. The minimum absolute atomic E-state index is 0.147. The van der Waals surface area contributed by atoms with Gasteiger partial charge in [-0.1, -0.05) is 35.0 Å². The molecule has 0 spiro atoms. The van der Waals surface area contributed by atoms with Gasteiger partial charge in [0.1, 0.15) is 5.82 Å². The fourth-order valence-corrected chi connectivity index (χ4v) is 2.90. The Morgan fingerprint density at radius 2 is 2.20 bits per heavy atom. The maximum Gasteiger partial charge on any atom is 0.230 e. The van der Waals surface area contributed by atoms with Gasteiger partial charge in [-0.05, 0) is 43.5 Å². The second kappa shape index (κ2) is 5.60. The van der Waals surface area contributed by atoms with Crippen LogP contribution in [0.2, 0.25) is 0 Å². The van der Waals surface area contributed by atoms with E-state index in [0.717, 1.165) is 22.3 Å². The Bertz CT molecular complexity index is 567. The molecule has 0 aromatic heterocycles. The number of carbonyl (C=O) groups excluding carboxylic acids is 1. The first-order valence-electron chi connectivity index (χ1n) is 6.88. The second-order valence-corrected chi connectivity index (χ2v) is 6.50. The number of halogens is 1. The number of benzene rings is 1. The molecule has 3 nitrogen and oxygen atoms in total. The molecule has 108 valence electrons. The normalized spacial score (nSPS) is 25.4. The molecule has 1 aromatic rings. The zero-order chi connectivity index (χ0) is 14.9. The highest BCUT2D eigenvalue weighted by Crippen LogP contribution is 2.33. The first kappa shape index (κ1) is 15.1. The SMILES string of the molecule is CC/C(C)=C1/N[C@](C)(c2cccc(Br)c2)CC(=O)N1C. The largest absolute Gasteiger partial charge is 0.362 e. The molecule has 1 fully saturated rings. The van der Waals surface area contributed by atoms with Crippen LogP contribution in [0.5, 0.6) is 0 Å². The molecule has 0 aliphatic carbocycles. The van der Waals surface area contributed by atoms with Crippen LogP contribution in [0.4, 0.5) is 0 Å². The average molecular weight is 337 g/mol. The lowest BCUT2D eigenvalue weighted by Gasteiger charge is -2.42. The van der Waals surface area contributed by atoms with Crippen molar-refractivity contribution in [1.82, 2.24) is 10.2 Å². The fraction of sp³-hybridized carbons (Fsp3) is 0.438. The van der Waals surface area contributed by atoms with Gasteiger partial charge in [0, 0.05) is 11.5 Å². The Morgan fingerprint density at radius 3 is 2.80 bits per heavy atom. The van der Waals surface area contributed by atoms with E-state index < -0.39 is 0 Å². The lowest BCUT2D eigenvalue weighted by atomic mass is 9.86. The molecule has 1 amide bonds. The van der Waals surface area contributed by atoms with E-state index in [4.69, 9.17) is 0 Å². The Morgan fingerprint density at radius 1 is 1.50 bits per heavy atom. The number of nitrogens with zero attached hydrogens (tertiary/aromatic N) is 1. The molecule has 1 saturated heterocycles. The molecule has 1 N–H and O–H groups in total. The number of rotatable bonds is 2. The van der Waals surface area contributed by atoms with Crippen LogP contribution in [0.3, 0.4) is 0 Å². The average Bonchev–Trinajstić information content (AvgIpc) is 2.42. The summed E-state index contributed by atoms with van der Waals surface area (Å²) >= 11 is 3.50. The van der Waals surface area contributed by atoms with Crippen molar-refractivity contribution in [2.45, 2.75) is 39.2 Å². The predicted octanol–water partition coefficient (Wildman–Crippen LogP) is 3.76. The smallest absolute Gasteiger partial charge is 0.230 e. The van der Waals surface area contributed by atoms with Gasteiger partial charge in [0.05, 0.1) is 12.0 Å². The van der Waals surface area contributed by atoms with E-state index in [1.54, 1.807) is 4.90 Å². The number of allylic oxidation sites excluding steroid dienone is 1. The summed E-state index contributed by atoms with van der Waals surface area (Å²) in [6, 6.07) is 8.14. The summed E-state index contributed by atoms with van der Waals surface area (Å²) in [4.78, 5) is 14.1. The highest BCUT2D eigenvalue weighted by Gasteiger charge is 2.38. The van der Waals surface area contributed by atoms with E-state index in [2.05, 4.69) is 54.2 Å². The summed E-state index contributed by atoms with van der Waals surface area (Å²) in [6.45, 7) is 6.26. The van der Waals surface area contributed by atoms with Crippen molar-refractivity contribution in [3.63, 3.8) is 0 Å². The van der Waals surface area contributed by atoms with Gasteiger partial charge >= 0.3 is 0 Å². The van der Waals surface area contributed by atoms with Gasteiger partial charge in [-0.3, -0.25) is 4.79 Å². The predicted molar refractivity (Wildman–Crippen MR) is 85.0 cm³/mol. The third kappa shape index (κ3) is 2.75. The summed E-state index contributed by atoms with van der Waals surface area (Å²) < 4.78 is 1.03. The zero-order valence-electron chi connectivity index (χ0n) is 12.5. The first-order chi connectivity index (χ1) is 9.37. The Labute approximate surface area is 129 Å². The molecule has 0 saturated carbocycles. The monoisotopic (exact) mass is 336 g/mol. The molecule has 2 rings (SSSR count). The minimum Gasteiger partial charge on any atom is -0.362 e. The third-order valence-corrected chi connectivity index (χ3v) is 4.50. The molecular formula is C16H21BrN2O. The number of amides is 1. The van der Waals surface area contributed by atoms with Crippen LogP contribution in [-0.2, 0) is 10.3 Å². The van der Waals surface area contributed by atoms with Crippen molar-refractivity contribution in [2.75, 3.05) is 7.05 Å². The molecule has 0 unspecified atom stereocenters. The van der Waals surface area contributed by atoms with Crippen molar-refractivity contribution in [3.8, 4) is 0 Å². The van der Waals surface area contributed by atoms with E-state index in [9.17, 15) is 4.79 Å². The Balaban J connectivity index is 2.45. The van der Waals surface area contributed by atoms with Gasteiger partial charge in [-0.2, -0.15) is 0 Å². The summed E-state index contributed by atoms with van der Waals surface area (Å²) in [6.07, 6.45) is 1.38. The van der Waals surface area contributed by atoms with Gasteiger partial charge in [0.25, 0.3) is 0 Å². The Hall–Kier alpha value is -1.29. The van der Waals surface area contributed by atoms with Crippen molar-refractivity contribution < 1.29 is 4.79 Å². The molecule has 4 heteroatoms. The molecule has 20 heavy (non-hydrogen) atoms. The molecule has 1 aliphatic rings. The van der Waals surface area contributed by atoms with Crippen LogP contribution in [-0.4, -0.2) is 17.9 Å². The van der Waals surface area contributed by atoms with E-state index >= 15 is 0 Å². The lowest BCUT2D eigenvalue weighted by molar-refractivity contribution is -0.132. The molecule has 0 bridgehead atoms. The maximum absolute atomic E-state index is 12.3. The van der Waals surface area contributed by atoms with Crippen molar-refractivity contribution in [1.29, 1.82) is 0 Å². The lowest BCUT2D eigenvalue weighted by Crippen LogP contribution is -2.53. The molecule has 0 radical (unpaired) electrons. The minimum atomic E-state index is -0.362. The summed E-state index contributed by atoms with van der Waals surface area (Å²) in [5, 5.41) is 3.57. The maximum atomic E-state index is 12.3. The summed E-state index contributed by atoms with van der Waals surface area (Å²) in [5.74, 6) is 1.08. The van der Waals surface area contributed by atoms with Crippen LogP contribution in [0, 0.1) is 0 Å². The molecule has 1 aromatic carbocycles. The molecule has 1 heterocycles. The van der Waals surface area contributed by atoms with E-state index in [1.165, 1.54) is 5.57 Å². The summed E-state index contributed by atoms with van der Waals surface area (Å²) in [7, 11) is 1.84. The van der Waals surface area contributed by atoms with Gasteiger partial charge in [0.2, 0.25) is 5.91 Å². The zero-order valence-corrected chi connectivity index (χ0v) is 14.0. The second-order valence-electron chi connectivity index (χ2n) is 5.58. The topological polar surface area (TPSA) is 32.3 Å². The number of carbonyl (C=O) groups is 1. The van der Waals surface area contributed by atoms with Crippen molar-refractivity contribution in [3.05, 3.63) is 45.7 Å². The first-order valence-corrected chi connectivity index (χ1v) is 7.67. The van der Waals surface area contributed by atoms with Crippen LogP contribution >= 0.6 is 15.9 Å². The quantitative estimate of drug-likeness (QED) is 0.891. The van der Waals surface area contributed by atoms with Crippen molar-refractivity contribution >= 4 is 21.8 Å². The highest BCUT2D eigenvalue weighted by molar-refractivity contribution is 9.10.